The number of ether oxygens (including phenoxy) is 1. The van der Waals surface area contributed by atoms with Crippen LogP contribution in [0.25, 0.3) is 0 Å². The van der Waals surface area contributed by atoms with Crippen molar-refractivity contribution < 1.29 is 14.3 Å². The molecule has 110 valence electrons. The van der Waals surface area contributed by atoms with E-state index in [0.717, 1.165) is 5.01 Å². The number of pyridine rings is 1. The Labute approximate surface area is 133 Å². The van der Waals surface area contributed by atoms with Gasteiger partial charge in [0.15, 0.2) is 5.69 Å². The van der Waals surface area contributed by atoms with Crippen molar-refractivity contribution in [1.29, 1.82) is 0 Å². The van der Waals surface area contributed by atoms with E-state index < -0.39 is 0 Å². The molecule has 0 unspecified atom stereocenters. The highest BCUT2D eigenvalue weighted by atomic mass is 79.9. The van der Waals surface area contributed by atoms with Gasteiger partial charge in [-0.2, -0.15) is 0 Å². The smallest absolute Gasteiger partial charge is 0.303 e. The van der Waals surface area contributed by atoms with Crippen LogP contribution in [0.15, 0.2) is 22.0 Å². The van der Waals surface area contributed by atoms with Crippen molar-refractivity contribution in [2.75, 3.05) is 5.32 Å². The van der Waals surface area contributed by atoms with Gasteiger partial charge in [-0.1, -0.05) is 6.07 Å². The molecule has 0 radical (unpaired) electrons. The number of aryl methyl sites for hydroxylation is 1. The predicted molar refractivity (Wildman–Crippen MR) is 82.2 cm³/mol. The predicted octanol–water partition coefficient (Wildman–Crippen LogP) is 2.92. The van der Waals surface area contributed by atoms with Gasteiger partial charge in [0.1, 0.15) is 16.2 Å². The fourth-order valence-corrected chi connectivity index (χ4v) is 3.13. The number of hydrogen-bond acceptors (Lipinski definition) is 6. The highest BCUT2D eigenvalue weighted by Gasteiger charge is 2.15. The van der Waals surface area contributed by atoms with Crippen LogP contribution in [0.5, 0.6) is 0 Å². The maximum atomic E-state index is 12.1. The molecule has 8 heteroatoms. The lowest BCUT2D eigenvalue weighted by atomic mass is 10.3. The van der Waals surface area contributed by atoms with Gasteiger partial charge in [-0.25, -0.2) is 9.97 Å². The second kappa shape index (κ2) is 6.77. The summed E-state index contributed by atoms with van der Waals surface area (Å²) in [4.78, 5) is 31.2. The number of rotatable bonds is 4. The third-order valence-corrected chi connectivity index (χ3v) is 4.00. The van der Waals surface area contributed by atoms with E-state index in [9.17, 15) is 9.59 Å². The molecule has 1 amide bonds. The quantitative estimate of drug-likeness (QED) is 0.837. The van der Waals surface area contributed by atoms with Gasteiger partial charge in [-0.15, -0.1) is 11.3 Å². The van der Waals surface area contributed by atoms with Gasteiger partial charge in [-0.3, -0.25) is 9.59 Å². The molecule has 0 fully saturated rings. The summed E-state index contributed by atoms with van der Waals surface area (Å²) in [5.41, 5.74) is 0.876. The van der Waals surface area contributed by atoms with Crippen LogP contribution < -0.4 is 5.32 Å². The zero-order valence-corrected chi connectivity index (χ0v) is 13.7. The first kappa shape index (κ1) is 15.6. The van der Waals surface area contributed by atoms with Gasteiger partial charge in [0.2, 0.25) is 0 Å². The van der Waals surface area contributed by atoms with Gasteiger partial charge >= 0.3 is 5.97 Å². The molecule has 0 spiro atoms. The average Bonchev–Trinajstić information content (AvgIpc) is 2.76. The molecule has 2 aromatic heterocycles. The summed E-state index contributed by atoms with van der Waals surface area (Å²) in [6.07, 6.45) is 0. The van der Waals surface area contributed by atoms with Gasteiger partial charge in [0.25, 0.3) is 5.91 Å². The van der Waals surface area contributed by atoms with Crippen LogP contribution in [0.4, 0.5) is 5.82 Å². The summed E-state index contributed by atoms with van der Waals surface area (Å²) in [5.74, 6) is -0.348. The number of carbonyl (C=O) groups is 2. The molecule has 0 aliphatic carbocycles. The number of aromatic nitrogens is 2. The highest BCUT2D eigenvalue weighted by Crippen LogP contribution is 2.24. The van der Waals surface area contributed by atoms with Crippen LogP contribution in [-0.4, -0.2) is 21.8 Å². The van der Waals surface area contributed by atoms with Gasteiger partial charge in [-0.05, 0) is 35.0 Å². The number of esters is 1. The molecular weight excluding hydrogens is 358 g/mol. The zero-order valence-electron chi connectivity index (χ0n) is 11.3. The number of carbonyl (C=O) groups excluding carboxylic acids is 2. The van der Waals surface area contributed by atoms with Crippen LogP contribution in [0, 0.1) is 6.92 Å². The highest BCUT2D eigenvalue weighted by molar-refractivity contribution is 9.11. The summed E-state index contributed by atoms with van der Waals surface area (Å²) in [7, 11) is 0. The number of amides is 1. The number of nitrogens with zero attached hydrogens (tertiary/aromatic N) is 2. The molecule has 2 aromatic rings. The Morgan fingerprint density at radius 1 is 1.38 bits per heavy atom. The van der Waals surface area contributed by atoms with Crippen LogP contribution in [0.2, 0.25) is 0 Å². The van der Waals surface area contributed by atoms with Gasteiger partial charge in [0, 0.05) is 6.92 Å². The summed E-state index contributed by atoms with van der Waals surface area (Å²) >= 11 is 4.69. The molecule has 0 saturated heterocycles. The first-order chi connectivity index (χ1) is 9.95. The first-order valence-corrected chi connectivity index (χ1v) is 7.60. The lowest BCUT2D eigenvalue weighted by Gasteiger charge is -2.06. The SMILES string of the molecule is CC(=O)OCc1cccc(NC(=O)c2nc(C)sc2Br)n1. The fourth-order valence-electron chi connectivity index (χ4n) is 1.52. The number of anilines is 1. The fraction of sp³-hybridized carbons (Fsp3) is 0.231. The molecule has 0 aliphatic heterocycles. The Bertz CT molecular complexity index is 687. The Morgan fingerprint density at radius 3 is 2.76 bits per heavy atom. The second-order valence-corrected chi connectivity index (χ2v) is 6.62. The lowest BCUT2D eigenvalue weighted by molar-refractivity contribution is -0.142. The monoisotopic (exact) mass is 369 g/mol. The summed E-state index contributed by atoms with van der Waals surface area (Å²) in [5, 5.41) is 3.46. The average molecular weight is 370 g/mol. The van der Waals surface area contributed by atoms with E-state index in [1.165, 1.54) is 18.3 Å². The standard InChI is InChI=1S/C13H12BrN3O3S/c1-7-15-11(12(14)21-7)13(19)17-10-5-3-4-9(16-10)6-20-8(2)18/h3-5H,6H2,1-2H3,(H,16,17,19). The maximum Gasteiger partial charge on any atom is 0.303 e. The topological polar surface area (TPSA) is 81.2 Å². The van der Waals surface area contributed by atoms with Gasteiger partial charge in [0.05, 0.1) is 10.7 Å². The number of nitrogens with one attached hydrogen (secondary N) is 1. The Balaban J connectivity index is 2.09. The molecule has 1 N–H and O–H groups in total. The van der Waals surface area contributed by atoms with E-state index in [1.807, 2.05) is 6.92 Å². The van der Waals surface area contributed by atoms with E-state index in [0.29, 0.717) is 21.0 Å². The summed E-state index contributed by atoms with van der Waals surface area (Å²) < 4.78 is 5.54. The number of hydrogen-bond donors (Lipinski definition) is 1. The number of halogens is 1. The zero-order chi connectivity index (χ0) is 15.4. The molecule has 2 rings (SSSR count). The number of thiazole rings is 1. The molecule has 6 nitrogen and oxygen atoms in total. The van der Waals surface area contributed by atoms with E-state index in [-0.39, 0.29) is 18.5 Å². The van der Waals surface area contributed by atoms with Crippen molar-refractivity contribution in [2.24, 2.45) is 0 Å². The molecule has 0 saturated carbocycles. The van der Waals surface area contributed by atoms with Gasteiger partial charge < -0.3 is 10.1 Å². The molecule has 21 heavy (non-hydrogen) atoms. The third kappa shape index (κ3) is 4.33. The van der Waals surface area contributed by atoms with E-state index in [2.05, 4.69) is 31.2 Å². The molecule has 0 aliphatic rings. The molecule has 0 atom stereocenters. The first-order valence-electron chi connectivity index (χ1n) is 5.99. The van der Waals surface area contributed by atoms with Crippen molar-refractivity contribution in [3.63, 3.8) is 0 Å². The van der Waals surface area contributed by atoms with Crippen molar-refractivity contribution in [3.8, 4) is 0 Å². The Hall–Kier alpha value is -1.80. The molecular formula is C13H12BrN3O3S. The van der Waals surface area contributed by atoms with E-state index >= 15 is 0 Å². The Morgan fingerprint density at radius 2 is 2.14 bits per heavy atom. The minimum absolute atomic E-state index is 0.0680. The minimum Gasteiger partial charge on any atom is -0.459 e. The van der Waals surface area contributed by atoms with Crippen molar-refractivity contribution in [1.82, 2.24) is 9.97 Å². The van der Waals surface area contributed by atoms with Crippen molar-refractivity contribution in [2.45, 2.75) is 20.5 Å². The summed E-state index contributed by atoms with van der Waals surface area (Å²) in [6.45, 7) is 3.22. The van der Waals surface area contributed by atoms with Crippen molar-refractivity contribution >= 4 is 45.0 Å². The third-order valence-electron chi connectivity index (χ3n) is 2.38. The normalized spacial score (nSPS) is 10.2. The summed E-state index contributed by atoms with van der Waals surface area (Å²) in [6, 6.07) is 5.09. The van der Waals surface area contributed by atoms with E-state index in [1.54, 1.807) is 18.2 Å². The lowest BCUT2D eigenvalue weighted by Crippen LogP contribution is -2.14. The van der Waals surface area contributed by atoms with Crippen LogP contribution in [-0.2, 0) is 16.1 Å². The second-order valence-electron chi connectivity index (χ2n) is 4.10. The minimum atomic E-state index is -0.381. The molecule has 2 heterocycles. The van der Waals surface area contributed by atoms with Crippen LogP contribution >= 0.6 is 27.3 Å². The van der Waals surface area contributed by atoms with Crippen LogP contribution in [0.1, 0.15) is 28.1 Å². The van der Waals surface area contributed by atoms with E-state index in [4.69, 9.17) is 4.74 Å². The largest absolute Gasteiger partial charge is 0.459 e. The molecule has 0 aromatic carbocycles. The van der Waals surface area contributed by atoms with Crippen molar-refractivity contribution in [3.05, 3.63) is 38.4 Å². The van der Waals surface area contributed by atoms with Crippen LogP contribution in [0.3, 0.4) is 0 Å². The molecule has 0 bridgehead atoms. The maximum absolute atomic E-state index is 12.1. The Kier molecular flexibility index (Phi) is 5.03.